The number of urea groups is 1. The van der Waals surface area contributed by atoms with Crippen molar-refractivity contribution in [3.63, 3.8) is 0 Å². The van der Waals surface area contributed by atoms with Gasteiger partial charge in [-0.25, -0.2) is 9.78 Å². The first kappa shape index (κ1) is 16.6. The van der Waals surface area contributed by atoms with E-state index in [0.717, 1.165) is 29.1 Å². The number of hydrogen-bond donors (Lipinski definition) is 1. The van der Waals surface area contributed by atoms with Crippen molar-refractivity contribution in [1.82, 2.24) is 15.2 Å². The van der Waals surface area contributed by atoms with Crippen LogP contribution in [0, 0.1) is 0 Å². The molecule has 0 spiro atoms. The van der Waals surface area contributed by atoms with Crippen molar-refractivity contribution in [2.75, 3.05) is 0 Å². The number of benzene rings is 1. The number of rotatable bonds is 6. The van der Waals surface area contributed by atoms with Gasteiger partial charge in [0.25, 0.3) is 5.91 Å². The molecule has 1 fully saturated rings. The minimum Gasteiger partial charge on any atom is -0.323 e. The average Bonchev–Trinajstić information content (AvgIpc) is 3.13. The van der Waals surface area contributed by atoms with Gasteiger partial charge in [0.05, 0.1) is 17.2 Å². The first-order valence-corrected chi connectivity index (χ1v) is 9.01. The lowest BCUT2D eigenvalue weighted by Gasteiger charge is -2.21. The maximum absolute atomic E-state index is 12.8. The summed E-state index contributed by atoms with van der Waals surface area (Å²) >= 11 is 1.56. The van der Waals surface area contributed by atoms with Crippen molar-refractivity contribution in [1.29, 1.82) is 0 Å². The summed E-state index contributed by atoms with van der Waals surface area (Å²) in [5.41, 5.74) is 1.08. The second-order valence-electron chi connectivity index (χ2n) is 6.23. The van der Waals surface area contributed by atoms with Crippen LogP contribution >= 0.6 is 11.3 Å². The van der Waals surface area contributed by atoms with Crippen molar-refractivity contribution in [2.45, 2.75) is 45.2 Å². The molecule has 0 aliphatic carbocycles. The third kappa shape index (κ3) is 3.33. The Morgan fingerprint density at radius 3 is 2.67 bits per heavy atom. The fourth-order valence-electron chi connectivity index (χ4n) is 2.85. The molecule has 0 bridgehead atoms. The minimum atomic E-state index is -0.851. The Morgan fingerprint density at radius 1 is 1.25 bits per heavy atom. The number of hydrogen-bond acceptors (Lipinski definition) is 4. The highest BCUT2D eigenvalue weighted by molar-refractivity contribution is 7.09. The van der Waals surface area contributed by atoms with Crippen molar-refractivity contribution >= 4 is 23.3 Å². The van der Waals surface area contributed by atoms with Gasteiger partial charge in [0.2, 0.25) is 0 Å². The predicted octanol–water partition coefficient (Wildman–Crippen LogP) is 3.15. The number of amides is 3. The van der Waals surface area contributed by atoms with E-state index in [-0.39, 0.29) is 18.5 Å². The van der Waals surface area contributed by atoms with Gasteiger partial charge < -0.3 is 5.32 Å². The summed E-state index contributed by atoms with van der Waals surface area (Å²) in [4.78, 5) is 30.7. The molecule has 2 heterocycles. The van der Waals surface area contributed by atoms with Gasteiger partial charge in [-0.15, -0.1) is 11.3 Å². The molecule has 1 aliphatic rings. The lowest BCUT2D eigenvalue weighted by molar-refractivity contribution is -0.131. The molecule has 1 atom stereocenters. The molecule has 5 nitrogen and oxygen atoms in total. The maximum Gasteiger partial charge on any atom is 0.325 e. The summed E-state index contributed by atoms with van der Waals surface area (Å²) in [6.07, 6.45) is 2.18. The van der Waals surface area contributed by atoms with Crippen molar-refractivity contribution in [2.24, 2.45) is 0 Å². The lowest BCUT2D eigenvalue weighted by Crippen LogP contribution is -2.44. The van der Waals surface area contributed by atoms with Crippen LogP contribution in [0.2, 0.25) is 0 Å². The molecular formula is C18H21N3O2S. The quantitative estimate of drug-likeness (QED) is 0.820. The van der Waals surface area contributed by atoms with E-state index in [1.807, 2.05) is 42.6 Å². The van der Waals surface area contributed by atoms with Crippen LogP contribution in [0.5, 0.6) is 0 Å². The summed E-state index contributed by atoms with van der Waals surface area (Å²) in [6, 6.07) is 9.66. The topological polar surface area (TPSA) is 62.3 Å². The number of thiazole rings is 1. The minimum absolute atomic E-state index is 0.172. The monoisotopic (exact) mass is 343 g/mol. The fraction of sp³-hybridized carbons (Fsp3) is 0.389. The third-order valence-electron chi connectivity index (χ3n) is 4.32. The molecule has 1 N–H and O–H groups in total. The Labute approximate surface area is 145 Å². The molecule has 1 saturated heterocycles. The molecule has 3 rings (SSSR count). The first-order chi connectivity index (χ1) is 11.5. The van der Waals surface area contributed by atoms with Crippen molar-refractivity contribution < 1.29 is 9.59 Å². The van der Waals surface area contributed by atoms with Crippen LogP contribution in [-0.2, 0) is 24.2 Å². The normalized spacial score (nSPS) is 20.5. The van der Waals surface area contributed by atoms with E-state index in [1.54, 1.807) is 18.3 Å². The fourth-order valence-corrected chi connectivity index (χ4v) is 3.58. The molecule has 6 heteroatoms. The van der Waals surface area contributed by atoms with Gasteiger partial charge in [-0.1, -0.05) is 37.3 Å². The van der Waals surface area contributed by atoms with E-state index >= 15 is 0 Å². The molecule has 1 aromatic heterocycles. The number of nitrogens with one attached hydrogen (secondary N) is 1. The number of carbonyl (C=O) groups excluding carboxylic acids is 2. The Morgan fingerprint density at radius 2 is 2.00 bits per heavy atom. The first-order valence-electron chi connectivity index (χ1n) is 8.13. The number of aryl methyl sites for hydroxylation is 2. The van der Waals surface area contributed by atoms with Gasteiger partial charge in [0.15, 0.2) is 0 Å². The maximum atomic E-state index is 12.8. The van der Waals surface area contributed by atoms with Crippen LogP contribution < -0.4 is 5.32 Å². The molecule has 0 saturated carbocycles. The predicted molar refractivity (Wildman–Crippen MR) is 93.7 cm³/mol. The second kappa shape index (κ2) is 6.73. The summed E-state index contributed by atoms with van der Waals surface area (Å²) in [5.74, 6) is -0.172. The van der Waals surface area contributed by atoms with Gasteiger partial charge in [0, 0.05) is 5.38 Å². The van der Waals surface area contributed by atoms with Crippen LogP contribution in [0.4, 0.5) is 4.79 Å². The van der Waals surface area contributed by atoms with Gasteiger partial charge in [-0.3, -0.25) is 9.69 Å². The summed E-state index contributed by atoms with van der Waals surface area (Å²) in [5, 5.41) is 5.79. The summed E-state index contributed by atoms with van der Waals surface area (Å²) in [6.45, 7) is 4.08. The van der Waals surface area contributed by atoms with Crippen LogP contribution in [0.3, 0.4) is 0 Å². The van der Waals surface area contributed by atoms with E-state index in [4.69, 9.17) is 0 Å². The zero-order valence-electron chi connectivity index (χ0n) is 13.9. The Bertz CT molecular complexity index is 744. The van der Waals surface area contributed by atoms with Gasteiger partial charge >= 0.3 is 6.03 Å². The smallest absolute Gasteiger partial charge is 0.323 e. The molecule has 0 radical (unpaired) electrons. The Balaban J connectivity index is 1.68. The third-order valence-corrected chi connectivity index (χ3v) is 5.37. The van der Waals surface area contributed by atoms with Gasteiger partial charge in [-0.05, 0) is 31.7 Å². The molecule has 1 unspecified atom stereocenters. The number of carbonyl (C=O) groups is 2. The number of imide groups is 1. The Kier molecular flexibility index (Phi) is 4.66. The standard InChI is InChI=1S/C18H21N3O2S/c1-3-15-19-14(12-24-15)11-21-16(22)18(2,20-17(21)23)10-9-13-7-5-4-6-8-13/h4-8,12H,3,9-11H2,1-2H3,(H,20,23). The highest BCUT2D eigenvalue weighted by Gasteiger charge is 2.47. The lowest BCUT2D eigenvalue weighted by atomic mass is 9.93. The second-order valence-corrected chi connectivity index (χ2v) is 7.17. The van der Waals surface area contributed by atoms with Crippen molar-refractivity contribution in [3.8, 4) is 0 Å². The molecule has 2 aromatic rings. The van der Waals surface area contributed by atoms with E-state index in [1.165, 1.54) is 4.90 Å². The molecule has 126 valence electrons. The SMILES string of the molecule is CCc1nc(CN2C(=O)NC(C)(CCc3ccccc3)C2=O)cs1. The number of aromatic nitrogens is 1. The van der Waals surface area contributed by atoms with E-state index in [2.05, 4.69) is 10.3 Å². The molecule has 1 aromatic carbocycles. The van der Waals surface area contributed by atoms with E-state index in [9.17, 15) is 9.59 Å². The number of nitrogens with zero attached hydrogens (tertiary/aromatic N) is 2. The zero-order chi connectivity index (χ0) is 17.2. The Hall–Kier alpha value is -2.21. The molecule has 24 heavy (non-hydrogen) atoms. The van der Waals surface area contributed by atoms with Crippen LogP contribution in [0.25, 0.3) is 0 Å². The largest absolute Gasteiger partial charge is 0.325 e. The van der Waals surface area contributed by atoms with E-state index in [0.29, 0.717) is 6.42 Å². The van der Waals surface area contributed by atoms with Crippen LogP contribution in [0.1, 0.15) is 36.5 Å². The van der Waals surface area contributed by atoms with Crippen LogP contribution in [0.15, 0.2) is 35.7 Å². The zero-order valence-corrected chi connectivity index (χ0v) is 14.7. The summed E-state index contributed by atoms with van der Waals surface area (Å²) in [7, 11) is 0. The highest BCUT2D eigenvalue weighted by atomic mass is 32.1. The van der Waals surface area contributed by atoms with Crippen LogP contribution in [-0.4, -0.2) is 27.4 Å². The van der Waals surface area contributed by atoms with E-state index < -0.39 is 5.54 Å². The molecular weight excluding hydrogens is 322 g/mol. The van der Waals surface area contributed by atoms with Crippen molar-refractivity contribution in [3.05, 3.63) is 52.0 Å². The van der Waals surface area contributed by atoms with Gasteiger partial charge in [0.1, 0.15) is 5.54 Å². The van der Waals surface area contributed by atoms with Gasteiger partial charge in [-0.2, -0.15) is 0 Å². The highest BCUT2D eigenvalue weighted by Crippen LogP contribution is 2.25. The summed E-state index contributed by atoms with van der Waals surface area (Å²) < 4.78 is 0. The average molecular weight is 343 g/mol. The molecule has 3 amide bonds. The molecule has 1 aliphatic heterocycles.